The molecule has 0 bridgehead atoms. The van der Waals surface area contributed by atoms with Gasteiger partial charge in [0.05, 0.1) is 11.2 Å². The fourth-order valence-corrected chi connectivity index (χ4v) is 3.52. The van der Waals surface area contributed by atoms with Crippen molar-refractivity contribution in [3.05, 3.63) is 48.4 Å². The fraction of sp³-hybridized carbons (Fsp3) is 0.294. The van der Waals surface area contributed by atoms with Gasteiger partial charge in [-0.1, -0.05) is 6.07 Å². The van der Waals surface area contributed by atoms with Crippen LogP contribution < -0.4 is 5.32 Å². The highest BCUT2D eigenvalue weighted by molar-refractivity contribution is 7.90. The van der Waals surface area contributed by atoms with Crippen molar-refractivity contribution >= 4 is 27.3 Å². The van der Waals surface area contributed by atoms with Crippen molar-refractivity contribution in [3.8, 4) is 0 Å². The van der Waals surface area contributed by atoms with Gasteiger partial charge >= 0.3 is 0 Å². The number of nitrogens with zero attached hydrogens (tertiary/aromatic N) is 1. The van der Waals surface area contributed by atoms with Crippen LogP contribution in [-0.2, 0) is 14.6 Å². The van der Waals surface area contributed by atoms with Crippen molar-refractivity contribution in [2.24, 2.45) is 0 Å². The highest BCUT2D eigenvalue weighted by Gasteiger charge is 2.35. The second-order valence-corrected chi connectivity index (χ2v) is 7.94. The van der Waals surface area contributed by atoms with Gasteiger partial charge in [-0.15, -0.1) is 0 Å². The van der Waals surface area contributed by atoms with E-state index in [2.05, 4.69) is 5.32 Å². The van der Waals surface area contributed by atoms with Crippen molar-refractivity contribution in [1.29, 1.82) is 0 Å². The summed E-state index contributed by atoms with van der Waals surface area (Å²) in [6.45, 7) is 0.473. The molecular weight excluding hydrogens is 344 g/mol. The summed E-state index contributed by atoms with van der Waals surface area (Å²) < 4.78 is 28.4. The van der Waals surface area contributed by atoms with E-state index in [-0.39, 0.29) is 22.5 Å². The Morgan fingerprint density at radius 2 is 2.04 bits per heavy atom. The molecule has 25 heavy (non-hydrogen) atoms. The Hall–Kier alpha value is -2.61. The number of amides is 2. The van der Waals surface area contributed by atoms with E-state index in [9.17, 15) is 18.0 Å². The maximum atomic E-state index is 12.6. The van der Waals surface area contributed by atoms with Gasteiger partial charge in [-0.2, -0.15) is 0 Å². The summed E-state index contributed by atoms with van der Waals surface area (Å²) in [4.78, 5) is 26.6. The van der Waals surface area contributed by atoms with Gasteiger partial charge in [-0.25, -0.2) is 8.42 Å². The normalized spacial score (nSPS) is 17.5. The molecule has 3 rings (SSSR count). The summed E-state index contributed by atoms with van der Waals surface area (Å²) >= 11 is 0. The summed E-state index contributed by atoms with van der Waals surface area (Å²) in [5.41, 5.74) is 0.380. The third-order valence-corrected chi connectivity index (χ3v) is 5.19. The number of hydrogen-bond acceptors (Lipinski definition) is 5. The number of nitrogens with one attached hydrogen (secondary N) is 1. The molecule has 0 unspecified atom stereocenters. The number of likely N-dealkylation sites (tertiary alicyclic amines) is 1. The largest absolute Gasteiger partial charge is 0.459 e. The van der Waals surface area contributed by atoms with Gasteiger partial charge in [-0.3, -0.25) is 9.59 Å². The molecule has 1 N–H and O–H groups in total. The third kappa shape index (κ3) is 3.74. The monoisotopic (exact) mass is 362 g/mol. The molecule has 8 heteroatoms. The Balaban J connectivity index is 1.75. The van der Waals surface area contributed by atoms with Crippen LogP contribution in [0.1, 0.15) is 23.4 Å². The Morgan fingerprint density at radius 3 is 2.72 bits per heavy atom. The summed E-state index contributed by atoms with van der Waals surface area (Å²) in [5, 5.41) is 2.70. The quantitative estimate of drug-likeness (QED) is 0.896. The van der Waals surface area contributed by atoms with Gasteiger partial charge in [0.25, 0.3) is 5.91 Å². The maximum Gasteiger partial charge on any atom is 0.290 e. The lowest BCUT2D eigenvalue weighted by Crippen LogP contribution is -2.43. The Labute approximate surface area is 145 Å². The van der Waals surface area contributed by atoms with Gasteiger partial charge in [-0.05, 0) is 43.2 Å². The molecule has 2 amide bonds. The predicted molar refractivity (Wildman–Crippen MR) is 90.9 cm³/mol. The molecule has 2 aromatic rings. The molecule has 1 aromatic carbocycles. The summed E-state index contributed by atoms with van der Waals surface area (Å²) in [6.07, 6.45) is 3.78. The van der Waals surface area contributed by atoms with E-state index in [0.29, 0.717) is 25.1 Å². The fourth-order valence-electron chi connectivity index (χ4n) is 2.85. The van der Waals surface area contributed by atoms with Gasteiger partial charge < -0.3 is 14.6 Å². The van der Waals surface area contributed by atoms with Crippen LogP contribution in [0.2, 0.25) is 0 Å². The summed E-state index contributed by atoms with van der Waals surface area (Å²) in [5.74, 6) is -0.477. The molecular formula is C17H18N2O5S. The molecule has 1 saturated heterocycles. The second-order valence-electron chi connectivity index (χ2n) is 5.92. The number of hydrogen-bond donors (Lipinski definition) is 1. The van der Waals surface area contributed by atoms with Crippen LogP contribution >= 0.6 is 0 Å². The number of furan rings is 1. The maximum absolute atomic E-state index is 12.6. The van der Waals surface area contributed by atoms with E-state index in [0.717, 1.165) is 6.26 Å². The van der Waals surface area contributed by atoms with E-state index in [4.69, 9.17) is 4.42 Å². The van der Waals surface area contributed by atoms with Crippen LogP contribution in [0.5, 0.6) is 0 Å². The zero-order valence-corrected chi connectivity index (χ0v) is 14.5. The van der Waals surface area contributed by atoms with Gasteiger partial charge in [0.2, 0.25) is 5.91 Å². The number of rotatable bonds is 4. The predicted octanol–water partition coefficient (Wildman–Crippen LogP) is 1.93. The molecule has 7 nitrogen and oxygen atoms in total. The number of benzene rings is 1. The van der Waals surface area contributed by atoms with Crippen LogP contribution in [0.15, 0.2) is 52.0 Å². The SMILES string of the molecule is CS(=O)(=O)c1cccc(NC(=O)[C@@H]2CCCN2C(=O)c2ccco2)c1. The van der Waals surface area contributed by atoms with Crippen molar-refractivity contribution < 1.29 is 22.4 Å². The van der Waals surface area contributed by atoms with Crippen molar-refractivity contribution in [2.45, 2.75) is 23.8 Å². The van der Waals surface area contributed by atoms with Crippen LogP contribution in [0.25, 0.3) is 0 Å². The Bertz CT molecular complexity index is 890. The molecule has 1 aliphatic heterocycles. The zero-order valence-electron chi connectivity index (χ0n) is 13.6. The number of sulfone groups is 1. The Kier molecular flexibility index (Phi) is 4.63. The van der Waals surface area contributed by atoms with E-state index in [1.165, 1.54) is 23.3 Å². The molecule has 2 heterocycles. The topological polar surface area (TPSA) is 96.7 Å². The van der Waals surface area contributed by atoms with Crippen LogP contribution in [-0.4, -0.2) is 44.0 Å². The van der Waals surface area contributed by atoms with E-state index >= 15 is 0 Å². The molecule has 0 spiro atoms. The minimum absolute atomic E-state index is 0.125. The lowest BCUT2D eigenvalue weighted by molar-refractivity contribution is -0.119. The van der Waals surface area contributed by atoms with Crippen molar-refractivity contribution in [2.75, 3.05) is 18.1 Å². The molecule has 1 fully saturated rings. The molecule has 0 aliphatic carbocycles. The van der Waals surface area contributed by atoms with Crippen molar-refractivity contribution in [3.63, 3.8) is 0 Å². The average Bonchev–Trinajstić information content (AvgIpc) is 3.25. The number of carbonyl (C=O) groups is 2. The van der Waals surface area contributed by atoms with E-state index in [1.54, 1.807) is 24.3 Å². The zero-order chi connectivity index (χ0) is 18.0. The lowest BCUT2D eigenvalue weighted by atomic mass is 10.2. The minimum Gasteiger partial charge on any atom is -0.459 e. The highest BCUT2D eigenvalue weighted by Crippen LogP contribution is 2.23. The first-order chi connectivity index (χ1) is 11.9. The smallest absolute Gasteiger partial charge is 0.290 e. The van der Waals surface area contributed by atoms with Crippen LogP contribution in [0.3, 0.4) is 0 Å². The highest BCUT2D eigenvalue weighted by atomic mass is 32.2. The molecule has 0 saturated carbocycles. The first-order valence-electron chi connectivity index (χ1n) is 7.82. The molecule has 1 aromatic heterocycles. The Morgan fingerprint density at radius 1 is 1.24 bits per heavy atom. The third-order valence-electron chi connectivity index (χ3n) is 4.08. The first-order valence-corrected chi connectivity index (χ1v) is 9.71. The lowest BCUT2D eigenvalue weighted by Gasteiger charge is -2.23. The van der Waals surface area contributed by atoms with E-state index < -0.39 is 15.9 Å². The van der Waals surface area contributed by atoms with E-state index in [1.807, 2.05) is 0 Å². The second kappa shape index (κ2) is 6.72. The van der Waals surface area contributed by atoms with Gasteiger partial charge in [0, 0.05) is 18.5 Å². The number of carbonyl (C=O) groups excluding carboxylic acids is 2. The molecule has 1 atom stereocenters. The minimum atomic E-state index is -3.36. The molecule has 0 radical (unpaired) electrons. The first kappa shape index (κ1) is 17.2. The average molecular weight is 362 g/mol. The van der Waals surface area contributed by atoms with Crippen molar-refractivity contribution in [1.82, 2.24) is 4.90 Å². The number of anilines is 1. The summed E-state index contributed by atoms with van der Waals surface area (Å²) in [6, 6.07) is 8.61. The van der Waals surface area contributed by atoms with Crippen LogP contribution in [0, 0.1) is 0 Å². The van der Waals surface area contributed by atoms with Gasteiger partial charge in [0.15, 0.2) is 15.6 Å². The van der Waals surface area contributed by atoms with Crippen LogP contribution in [0.4, 0.5) is 5.69 Å². The molecule has 132 valence electrons. The standard InChI is InChI=1S/C17H18N2O5S/c1-25(22,23)13-6-2-5-12(11-13)18-16(20)14-7-3-9-19(14)17(21)15-8-4-10-24-15/h2,4-6,8,10-11,14H,3,7,9H2,1H3,(H,18,20)/t14-/m0/s1. The summed E-state index contributed by atoms with van der Waals surface area (Å²) in [7, 11) is -3.36. The molecule has 1 aliphatic rings. The van der Waals surface area contributed by atoms with Gasteiger partial charge in [0.1, 0.15) is 6.04 Å².